The van der Waals surface area contributed by atoms with Crippen molar-refractivity contribution in [2.75, 3.05) is 12.4 Å². The van der Waals surface area contributed by atoms with Gasteiger partial charge in [0.15, 0.2) is 5.82 Å². The van der Waals surface area contributed by atoms with E-state index in [4.69, 9.17) is 4.74 Å². The number of anilines is 1. The van der Waals surface area contributed by atoms with Crippen molar-refractivity contribution in [3.05, 3.63) is 87.8 Å². The Balaban J connectivity index is 1.87. The molecule has 0 unspecified atom stereocenters. The number of hydrogen-bond donors (Lipinski definition) is 1. The fourth-order valence-corrected chi connectivity index (χ4v) is 3.78. The number of aryl methyl sites for hydroxylation is 1. The van der Waals surface area contributed by atoms with Crippen molar-refractivity contribution in [3.8, 4) is 28.6 Å². The van der Waals surface area contributed by atoms with E-state index in [2.05, 4.69) is 15.0 Å². The number of pyridine rings is 1. The van der Waals surface area contributed by atoms with E-state index in [-0.39, 0.29) is 28.6 Å². The standard InChI is InChI=1S/C25H20F4N4O4/c1-13-5-4-6-19(30-13)33-24(35)21(31-23(34)14-7-9-15(10-8-14)37-25(28)29)22(32(33)2)20-17(26)11-16(36-3)12-18(20)27/h4-12,25H,1-3H3,(H,31,34). The molecule has 0 saturated heterocycles. The van der Waals surface area contributed by atoms with Gasteiger partial charge in [-0.25, -0.2) is 13.8 Å². The molecule has 4 aromatic rings. The molecule has 1 N–H and O–H groups in total. The van der Waals surface area contributed by atoms with Crippen molar-refractivity contribution >= 4 is 11.6 Å². The molecule has 1 amide bonds. The predicted octanol–water partition coefficient (Wildman–Crippen LogP) is 4.69. The number of benzene rings is 2. The molecule has 2 aromatic heterocycles. The zero-order valence-corrected chi connectivity index (χ0v) is 19.8. The summed E-state index contributed by atoms with van der Waals surface area (Å²) in [6.07, 6.45) is 0. The summed E-state index contributed by atoms with van der Waals surface area (Å²) < 4.78 is 66.5. The summed E-state index contributed by atoms with van der Waals surface area (Å²) in [6.45, 7) is -1.35. The lowest BCUT2D eigenvalue weighted by molar-refractivity contribution is -0.0498. The number of methoxy groups -OCH3 is 1. The van der Waals surface area contributed by atoms with E-state index in [9.17, 15) is 18.4 Å². The van der Waals surface area contributed by atoms with Gasteiger partial charge in [-0.3, -0.25) is 14.3 Å². The van der Waals surface area contributed by atoms with Crippen LogP contribution >= 0.6 is 0 Å². The van der Waals surface area contributed by atoms with E-state index in [0.717, 1.165) is 28.9 Å². The molecular weight excluding hydrogens is 496 g/mol. The maximum Gasteiger partial charge on any atom is 0.387 e. The Hall–Kier alpha value is -4.61. The smallest absolute Gasteiger partial charge is 0.387 e. The van der Waals surface area contributed by atoms with Crippen LogP contribution in [-0.4, -0.2) is 34.0 Å². The van der Waals surface area contributed by atoms with Gasteiger partial charge in [-0.2, -0.15) is 13.5 Å². The van der Waals surface area contributed by atoms with Crippen molar-refractivity contribution in [1.29, 1.82) is 0 Å². The first-order chi connectivity index (χ1) is 17.6. The zero-order chi connectivity index (χ0) is 26.9. The molecule has 4 rings (SSSR count). The first-order valence-electron chi connectivity index (χ1n) is 10.8. The maximum atomic E-state index is 15.1. The van der Waals surface area contributed by atoms with E-state index in [1.54, 1.807) is 19.1 Å². The Morgan fingerprint density at radius 1 is 1.03 bits per heavy atom. The van der Waals surface area contributed by atoms with Gasteiger partial charge < -0.3 is 14.8 Å². The van der Waals surface area contributed by atoms with Crippen molar-refractivity contribution in [2.24, 2.45) is 7.05 Å². The molecule has 2 heterocycles. The van der Waals surface area contributed by atoms with Crippen molar-refractivity contribution < 1.29 is 31.8 Å². The average Bonchev–Trinajstić information content (AvgIpc) is 3.07. The van der Waals surface area contributed by atoms with Gasteiger partial charge in [0.1, 0.15) is 34.5 Å². The van der Waals surface area contributed by atoms with Crippen LogP contribution in [0, 0.1) is 18.6 Å². The number of aromatic nitrogens is 3. The van der Waals surface area contributed by atoms with Crippen LogP contribution in [0.2, 0.25) is 0 Å². The third-order valence-corrected chi connectivity index (χ3v) is 5.43. The molecule has 0 saturated carbocycles. The Morgan fingerprint density at radius 2 is 1.68 bits per heavy atom. The summed E-state index contributed by atoms with van der Waals surface area (Å²) in [5, 5.41) is 2.41. The fourth-order valence-electron chi connectivity index (χ4n) is 3.78. The number of carbonyl (C=O) groups is 1. The average molecular weight is 516 g/mol. The van der Waals surface area contributed by atoms with Crippen LogP contribution in [-0.2, 0) is 7.05 Å². The minimum Gasteiger partial charge on any atom is -0.497 e. The number of alkyl halides is 2. The van der Waals surface area contributed by atoms with E-state index >= 15 is 8.78 Å². The van der Waals surface area contributed by atoms with Crippen molar-refractivity contribution in [3.63, 3.8) is 0 Å². The third kappa shape index (κ3) is 5.03. The highest BCUT2D eigenvalue weighted by Crippen LogP contribution is 2.34. The number of rotatable bonds is 7. The molecule has 37 heavy (non-hydrogen) atoms. The molecule has 0 atom stereocenters. The quantitative estimate of drug-likeness (QED) is 0.361. The number of halogens is 4. The molecule has 12 heteroatoms. The van der Waals surface area contributed by atoms with Crippen LogP contribution in [0.15, 0.2) is 59.4 Å². The summed E-state index contributed by atoms with van der Waals surface area (Å²) >= 11 is 0. The highest BCUT2D eigenvalue weighted by molar-refractivity contribution is 6.06. The molecule has 0 aliphatic rings. The number of nitrogens with one attached hydrogen (secondary N) is 1. The molecule has 0 aliphatic carbocycles. The fraction of sp³-hybridized carbons (Fsp3) is 0.160. The minimum atomic E-state index is -3.05. The second-order valence-electron chi connectivity index (χ2n) is 7.82. The second-order valence-corrected chi connectivity index (χ2v) is 7.82. The van der Waals surface area contributed by atoms with Gasteiger partial charge in [-0.15, -0.1) is 0 Å². The van der Waals surface area contributed by atoms with Crippen molar-refractivity contribution in [2.45, 2.75) is 13.5 Å². The van der Waals surface area contributed by atoms with Gasteiger partial charge in [-0.1, -0.05) is 6.07 Å². The Morgan fingerprint density at radius 3 is 2.24 bits per heavy atom. The van der Waals surface area contributed by atoms with Crippen LogP contribution < -0.4 is 20.3 Å². The number of hydrogen-bond acceptors (Lipinski definition) is 5. The van der Waals surface area contributed by atoms with E-state index < -0.39 is 41.0 Å². The number of amides is 1. The normalized spacial score (nSPS) is 11.0. The Bertz CT molecular complexity index is 1510. The first kappa shape index (κ1) is 25.5. The molecule has 0 fully saturated rings. The molecule has 0 spiro atoms. The van der Waals surface area contributed by atoms with Crippen LogP contribution in [0.5, 0.6) is 11.5 Å². The number of ether oxygens (including phenoxy) is 2. The van der Waals surface area contributed by atoms with E-state index in [1.807, 2.05) is 0 Å². The monoisotopic (exact) mass is 516 g/mol. The van der Waals surface area contributed by atoms with Gasteiger partial charge in [0.05, 0.1) is 12.7 Å². The summed E-state index contributed by atoms with van der Waals surface area (Å²) in [7, 11) is 2.63. The summed E-state index contributed by atoms with van der Waals surface area (Å²) in [6, 6.07) is 11.4. The third-order valence-electron chi connectivity index (χ3n) is 5.43. The first-order valence-corrected chi connectivity index (χ1v) is 10.8. The highest BCUT2D eigenvalue weighted by atomic mass is 19.3. The SMILES string of the molecule is COc1cc(F)c(-c2c(NC(=O)c3ccc(OC(F)F)cc3)c(=O)n(-c3cccc(C)n3)n2C)c(F)c1. The minimum absolute atomic E-state index is 0.0216. The largest absolute Gasteiger partial charge is 0.497 e. The molecule has 2 aromatic carbocycles. The van der Waals surface area contributed by atoms with Gasteiger partial charge in [-0.05, 0) is 43.3 Å². The van der Waals surface area contributed by atoms with Crippen LogP contribution in [0.25, 0.3) is 17.1 Å². The van der Waals surface area contributed by atoms with E-state index in [0.29, 0.717) is 5.69 Å². The van der Waals surface area contributed by atoms with Crippen molar-refractivity contribution in [1.82, 2.24) is 14.3 Å². The lowest BCUT2D eigenvalue weighted by Gasteiger charge is -2.13. The topological polar surface area (TPSA) is 87.4 Å². The second kappa shape index (κ2) is 10.2. The summed E-state index contributed by atoms with van der Waals surface area (Å²) in [4.78, 5) is 30.8. The molecule has 0 bridgehead atoms. The van der Waals surface area contributed by atoms with Crippen LogP contribution in [0.4, 0.5) is 23.2 Å². The van der Waals surface area contributed by atoms with Gasteiger partial charge in [0.2, 0.25) is 0 Å². The van der Waals surface area contributed by atoms with Crippen LogP contribution in [0.3, 0.4) is 0 Å². The Labute approximate surface area is 207 Å². The molecule has 8 nitrogen and oxygen atoms in total. The summed E-state index contributed by atoms with van der Waals surface area (Å²) in [5.41, 5.74) is -1.53. The Kier molecular flexibility index (Phi) is 7.00. The van der Waals surface area contributed by atoms with E-state index in [1.165, 1.54) is 37.0 Å². The van der Waals surface area contributed by atoms with Crippen LogP contribution in [0.1, 0.15) is 16.1 Å². The lowest BCUT2D eigenvalue weighted by atomic mass is 10.1. The zero-order valence-electron chi connectivity index (χ0n) is 19.8. The molecule has 0 aliphatic heterocycles. The highest BCUT2D eigenvalue weighted by Gasteiger charge is 2.28. The lowest BCUT2D eigenvalue weighted by Crippen LogP contribution is -2.23. The number of nitrogens with zero attached hydrogens (tertiary/aromatic N) is 3. The molecular formula is C25H20F4N4O4. The molecule has 192 valence electrons. The van der Waals surface area contributed by atoms with Gasteiger partial charge in [0.25, 0.3) is 11.5 Å². The number of carbonyl (C=O) groups excluding carboxylic acids is 1. The predicted molar refractivity (Wildman–Crippen MR) is 126 cm³/mol. The molecule has 0 radical (unpaired) electrons. The summed E-state index contributed by atoms with van der Waals surface area (Å²) in [5.74, 6) is -3.01. The maximum absolute atomic E-state index is 15.1. The van der Waals surface area contributed by atoms with Gasteiger partial charge >= 0.3 is 6.61 Å². The van der Waals surface area contributed by atoms with Gasteiger partial charge in [0, 0.05) is 30.4 Å².